The molecule has 1 N–H and O–H groups in total. The van der Waals surface area contributed by atoms with Gasteiger partial charge in [-0.1, -0.05) is 12.1 Å². The summed E-state index contributed by atoms with van der Waals surface area (Å²) in [5, 5.41) is 10.1. The molecule has 0 atom stereocenters. The van der Waals surface area contributed by atoms with Crippen molar-refractivity contribution in [3.05, 3.63) is 47.0 Å². The molecule has 4 rings (SSSR count). The molecule has 0 aliphatic carbocycles. The maximum Gasteiger partial charge on any atom is 0.206 e. The van der Waals surface area contributed by atoms with Crippen LogP contribution in [0.25, 0.3) is 11.0 Å². The second-order valence-corrected chi connectivity index (χ2v) is 9.30. The van der Waals surface area contributed by atoms with Gasteiger partial charge in [-0.2, -0.15) is 0 Å². The van der Waals surface area contributed by atoms with Gasteiger partial charge in [0.15, 0.2) is 0 Å². The lowest BCUT2D eigenvalue weighted by atomic mass is 10.0. The topological polar surface area (TPSA) is 63.0 Å². The normalized spacial score (nSPS) is 15.1. The van der Waals surface area contributed by atoms with E-state index in [0.29, 0.717) is 25.6 Å². The number of aromatic hydroxyl groups is 1. The van der Waals surface area contributed by atoms with Crippen LogP contribution in [0.3, 0.4) is 0 Å². The van der Waals surface area contributed by atoms with Gasteiger partial charge in [0, 0.05) is 39.2 Å². The van der Waals surface area contributed by atoms with Crippen molar-refractivity contribution in [3.8, 4) is 11.5 Å². The minimum absolute atomic E-state index is 0.353. The molecule has 0 saturated carbocycles. The van der Waals surface area contributed by atoms with Crippen LogP contribution in [0.2, 0.25) is 0 Å². The zero-order valence-electron chi connectivity index (χ0n) is 21.0. The molecule has 0 radical (unpaired) electrons. The lowest BCUT2D eigenvalue weighted by molar-refractivity contribution is 0.113. The van der Waals surface area contributed by atoms with E-state index < -0.39 is 0 Å². The average Bonchev–Trinajstić information content (AvgIpc) is 3.06. The Morgan fingerprint density at radius 1 is 0.971 bits per heavy atom. The molecule has 2 heterocycles. The third-order valence-electron chi connectivity index (χ3n) is 6.79. The van der Waals surface area contributed by atoms with E-state index in [9.17, 15) is 5.11 Å². The summed E-state index contributed by atoms with van der Waals surface area (Å²) in [5.41, 5.74) is 4.91. The summed E-state index contributed by atoms with van der Waals surface area (Å²) in [6.07, 6.45) is 1.96. The second kappa shape index (κ2) is 11.1. The summed E-state index contributed by atoms with van der Waals surface area (Å²) in [5.74, 6) is 2.24. The molecule has 1 fully saturated rings. The number of para-hydroxylation sites is 2. The number of hydrogen-bond donors (Lipinski definition) is 1. The summed E-state index contributed by atoms with van der Waals surface area (Å²) >= 11 is 0. The molecule has 2 aromatic carbocycles. The molecular weight excluding hydrogens is 428 g/mol. The predicted molar refractivity (Wildman–Crippen MR) is 137 cm³/mol. The number of phenolic OH excluding ortho intramolecular Hbond substituents is 1. The number of aryl methyl sites for hydroxylation is 1. The smallest absolute Gasteiger partial charge is 0.206 e. The van der Waals surface area contributed by atoms with Gasteiger partial charge in [0.25, 0.3) is 0 Å². The van der Waals surface area contributed by atoms with E-state index in [4.69, 9.17) is 14.5 Å². The van der Waals surface area contributed by atoms with Crippen molar-refractivity contribution in [2.75, 3.05) is 57.9 Å². The van der Waals surface area contributed by atoms with Crippen LogP contribution in [-0.4, -0.2) is 72.6 Å². The van der Waals surface area contributed by atoms with Crippen molar-refractivity contribution in [1.29, 1.82) is 0 Å². The van der Waals surface area contributed by atoms with Crippen molar-refractivity contribution >= 4 is 17.0 Å². The van der Waals surface area contributed by atoms with Gasteiger partial charge in [0.05, 0.1) is 24.2 Å². The van der Waals surface area contributed by atoms with Gasteiger partial charge in [-0.25, -0.2) is 4.98 Å². The fourth-order valence-corrected chi connectivity index (χ4v) is 4.55. The van der Waals surface area contributed by atoms with E-state index in [1.807, 2.05) is 26.8 Å². The number of imidazole rings is 1. The van der Waals surface area contributed by atoms with E-state index in [1.54, 1.807) is 0 Å². The Morgan fingerprint density at radius 3 is 2.65 bits per heavy atom. The number of ether oxygens (including phenoxy) is 2. The van der Waals surface area contributed by atoms with Crippen LogP contribution in [0.4, 0.5) is 5.95 Å². The quantitative estimate of drug-likeness (QED) is 0.475. The highest BCUT2D eigenvalue weighted by Gasteiger charge is 2.19. The minimum Gasteiger partial charge on any atom is -0.507 e. The van der Waals surface area contributed by atoms with Crippen LogP contribution >= 0.6 is 0 Å². The molecule has 0 amide bonds. The highest BCUT2D eigenvalue weighted by atomic mass is 16.5. The first kappa shape index (κ1) is 24.4. The maximum absolute atomic E-state index is 10.1. The standard InChI is InChI=1S/C27H38N4O3/c1-20-19-25(21(2)22(3)26(20)32)34-17-8-16-33-18-15-31-24-10-6-5-9-23(24)28-27(31)30-12-7-11-29(4)13-14-30/h5-6,9-10,19,32H,7-8,11-18H2,1-4H3. The van der Waals surface area contributed by atoms with Crippen molar-refractivity contribution in [2.45, 2.75) is 40.2 Å². The summed E-state index contributed by atoms with van der Waals surface area (Å²) in [6.45, 7) is 12.7. The molecule has 0 spiro atoms. The van der Waals surface area contributed by atoms with Gasteiger partial charge in [-0.15, -0.1) is 0 Å². The first-order valence-corrected chi connectivity index (χ1v) is 12.3. The number of nitrogens with zero attached hydrogens (tertiary/aromatic N) is 4. The van der Waals surface area contributed by atoms with Crippen LogP contribution < -0.4 is 9.64 Å². The van der Waals surface area contributed by atoms with Crippen LogP contribution in [0, 0.1) is 20.8 Å². The number of aromatic nitrogens is 2. The molecular formula is C27H38N4O3. The summed E-state index contributed by atoms with van der Waals surface area (Å²) < 4.78 is 14.3. The number of hydrogen-bond acceptors (Lipinski definition) is 6. The fraction of sp³-hybridized carbons (Fsp3) is 0.519. The van der Waals surface area contributed by atoms with Crippen LogP contribution in [0.5, 0.6) is 11.5 Å². The molecule has 7 nitrogen and oxygen atoms in total. The Balaban J connectivity index is 1.30. The highest BCUT2D eigenvalue weighted by Crippen LogP contribution is 2.32. The Labute approximate surface area is 202 Å². The van der Waals surface area contributed by atoms with Gasteiger partial charge in [0.2, 0.25) is 5.95 Å². The molecule has 1 aliphatic heterocycles. The van der Waals surface area contributed by atoms with Gasteiger partial charge >= 0.3 is 0 Å². The largest absolute Gasteiger partial charge is 0.507 e. The minimum atomic E-state index is 0.353. The molecule has 1 aromatic heterocycles. The zero-order valence-corrected chi connectivity index (χ0v) is 21.0. The maximum atomic E-state index is 10.1. The van der Waals surface area contributed by atoms with Gasteiger partial charge in [-0.05, 0) is 75.7 Å². The van der Waals surface area contributed by atoms with Crippen molar-refractivity contribution < 1.29 is 14.6 Å². The summed E-state index contributed by atoms with van der Waals surface area (Å²) in [6, 6.07) is 10.3. The average molecular weight is 467 g/mol. The van der Waals surface area contributed by atoms with Gasteiger partial charge < -0.3 is 28.9 Å². The number of likely N-dealkylation sites (N-methyl/N-ethyl adjacent to an activating group) is 1. The van der Waals surface area contributed by atoms with Crippen molar-refractivity contribution in [2.24, 2.45) is 0 Å². The number of anilines is 1. The lowest BCUT2D eigenvalue weighted by Crippen LogP contribution is -2.31. The third-order valence-corrected chi connectivity index (χ3v) is 6.79. The predicted octanol–water partition coefficient (Wildman–Crippen LogP) is 4.29. The van der Waals surface area contributed by atoms with E-state index in [-0.39, 0.29) is 0 Å². The fourth-order valence-electron chi connectivity index (χ4n) is 4.55. The third kappa shape index (κ3) is 5.47. The molecule has 184 valence electrons. The molecule has 7 heteroatoms. The Bertz CT molecular complexity index is 1110. The van der Waals surface area contributed by atoms with Gasteiger partial charge in [-0.3, -0.25) is 0 Å². The molecule has 0 unspecified atom stereocenters. The Morgan fingerprint density at radius 2 is 1.79 bits per heavy atom. The molecule has 1 aliphatic rings. The van der Waals surface area contributed by atoms with E-state index >= 15 is 0 Å². The number of benzene rings is 2. The van der Waals surface area contributed by atoms with Crippen LogP contribution in [0.15, 0.2) is 30.3 Å². The molecule has 1 saturated heterocycles. The number of fused-ring (bicyclic) bond motifs is 1. The van der Waals surface area contributed by atoms with Crippen LogP contribution in [0.1, 0.15) is 29.5 Å². The highest BCUT2D eigenvalue weighted by molar-refractivity contribution is 5.78. The Kier molecular flexibility index (Phi) is 7.95. The van der Waals surface area contributed by atoms with E-state index in [0.717, 1.165) is 85.0 Å². The second-order valence-electron chi connectivity index (χ2n) is 9.30. The first-order valence-electron chi connectivity index (χ1n) is 12.3. The SMILES string of the molecule is Cc1cc(OCCCOCCn2c(N3CCCN(C)CC3)nc3ccccc32)c(C)c(C)c1O. The van der Waals surface area contributed by atoms with Crippen molar-refractivity contribution in [3.63, 3.8) is 0 Å². The van der Waals surface area contributed by atoms with Gasteiger partial charge in [0.1, 0.15) is 11.5 Å². The number of phenols is 1. The Hall–Kier alpha value is -2.77. The lowest BCUT2D eigenvalue weighted by Gasteiger charge is -2.23. The van der Waals surface area contributed by atoms with Crippen molar-refractivity contribution in [1.82, 2.24) is 14.5 Å². The zero-order chi connectivity index (χ0) is 24.1. The summed E-state index contributed by atoms with van der Waals surface area (Å²) in [4.78, 5) is 9.78. The van der Waals surface area contributed by atoms with E-state index in [1.165, 1.54) is 0 Å². The first-order chi connectivity index (χ1) is 16.5. The number of rotatable bonds is 9. The van der Waals surface area contributed by atoms with Crippen LogP contribution in [-0.2, 0) is 11.3 Å². The molecule has 34 heavy (non-hydrogen) atoms. The molecule has 3 aromatic rings. The van der Waals surface area contributed by atoms with E-state index in [2.05, 4.69) is 45.7 Å². The summed E-state index contributed by atoms with van der Waals surface area (Å²) in [7, 11) is 2.19. The monoisotopic (exact) mass is 466 g/mol. The molecule has 0 bridgehead atoms.